The summed E-state index contributed by atoms with van der Waals surface area (Å²) < 4.78 is 0. The van der Waals surface area contributed by atoms with E-state index in [2.05, 4.69) is 10.3 Å². The van der Waals surface area contributed by atoms with E-state index in [1.807, 2.05) is 30.3 Å². The molecule has 5 heteroatoms. The summed E-state index contributed by atoms with van der Waals surface area (Å²) in [5, 5.41) is 13.9. The van der Waals surface area contributed by atoms with E-state index in [1.54, 1.807) is 6.92 Å². The minimum Gasteiger partial charge on any atom is -0.370 e. The molecule has 2 aromatic rings. The van der Waals surface area contributed by atoms with E-state index in [9.17, 15) is 10.1 Å². The second-order valence-corrected chi connectivity index (χ2v) is 4.28. The summed E-state index contributed by atoms with van der Waals surface area (Å²) in [7, 11) is 0. The van der Waals surface area contributed by atoms with Gasteiger partial charge in [0, 0.05) is 18.3 Å². The average Bonchev–Trinajstić information content (AvgIpc) is 2.41. The molecule has 1 aromatic heterocycles. The molecule has 0 saturated heterocycles. The molecule has 98 valence electrons. The van der Waals surface area contributed by atoms with Crippen LogP contribution in [-0.4, -0.2) is 16.5 Å². The van der Waals surface area contributed by atoms with Gasteiger partial charge < -0.3 is 5.32 Å². The summed E-state index contributed by atoms with van der Waals surface area (Å²) in [4.78, 5) is 14.6. The number of aryl methyl sites for hydroxylation is 1. The van der Waals surface area contributed by atoms with Gasteiger partial charge in [-0.05, 0) is 18.9 Å². The molecule has 0 bridgehead atoms. The van der Waals surface area contributed by atoms with Crippen LogP contribution < -0.4 is 5.32 Å². The third kappa shape index (κ3) is 3.51. The van der Waals surface area contributed by atoms with Gasteiger partial charge in [0.2, 0.25) is 0 Å². The first-order valence-electron chi connectivity index (χ1n) is 6.05. The normalized spacial score (nSPS) is 10.2. The fourth-order valence-electron chi connectivity index (χ4n) is 1.79. The Kier molecular flexibility index (Phi) is 4.07. The maximum atomic E-state index is 10.8. The molecule has 0 saturated carbocycles. The van der Waals surface area contributed by atoms with Crippen LogP contribution in [0.4, 0.5) is 11.5 Å². The van der Waals surface area contributed by atoms with E-state index in [4.69, 9.17) is 0 Å². The highest BCUT2D eigenvalue weighted by Gasteiger charge is 2.11. The van der Waals surface area contributed by atoms with Crippen LogP contribution in [0.15, 0.2) is 42.6 Å². The number of nitrogens with zero attached hydrogens (tertiary/aromatic N) is 2. The molecule has 0 unspecified atom stereocenters. The van der Waals surface area contributed by atoms with Gasteiger partial charge in [-0.15, -0.1) is 0 Å². The first-order valence-corrected chi connectivity index (χ1v) is 6.05. The second-order valence-electron chi connectivity index (χ2n) is 4.28. The minimum absolute atomic E-state index is 0.0946. The molecule has 0 aliphatic heterocycles. The number of benzene rings is 1. The van der Waals surface area contributed by atoms with Crippen molar-refractivity contribution in [2.24, 2.45) is 0 Å². The molecule has 0 atom stereocenters. The van der Waals surface area contributed by atoms with Crippen LogP contribution in [0.1, 0.15) is 11.1 Å². The van der Waals surface area contributed by atoms with E-state index >= 15 is 0 Å². The minimum atomic E-state index is -0.389. The zero-order chi connectivity index (χ0) is 13.7. The number of hydrogen-bond donors (Lipinski definition) is 1. The molecule has 5 nitrogen and oxygen atoms in total. The Morgan fingerprint density at radius 1 is 1.32 bits per heavy atom. The highest BCUT2D eigenvalue weighted by Crippen LogP contribution is 2.19. The SMILES string of the molecule is Cc1cnc(NCCc2ccccc2)cc1[N+](=O)[O-]. The summed E-state index contributed by atoms with van der Waals surface area (Å²) >= 11 is 0. The predicted octanol–water partition coefficient (Wildman–Crippen LogP) is 2.95. The predicted molar refractivity (Wildman–Crippen MR) is 74.3 cm³/mol. The zero-order valence-electron chi connectivity index (χ0n) is 10.7. The second kappa shape index (κ2) is 5.95. The quantitative estimate of drug-likeness (QED) is 0.660. The van der Waals surface area contributed by atoms with Crippen LogP contribution in [0, 0.1) is 17.0 Å². The van der Waals surface area contributed by atoms with Crippen molar-refractivity contribution in [1.82, 2.24) is 4.98 Å². The third-order valence-corrected chi connectivity index (χ3v) is 2.83. The van der Waals surface area contributed by atoms with Gasteiger partial charge in [0.05, 0.1) is 11.0 Å². The number of anilines is 1. The Bertz CT molecular complexity index is 570. The zero-order valence-corrected chi connectivity index (χ0v) is 10.7. The summed E-state index contributed by atoms with van der Waals surface area (Å²) in [5.41, 5.74) is 1.88. The molecule has 0 fully saturated rings. The Morgan fingerprint density at radius 2 is 2.05 bits per heavy atom. The first kappa shape index (κ1) is 13.0. The highest BCUT2D eigenvalue weighted by atomic mass is 16.6. The molecule has 2 rings (SSSR count). The van der Waals surface area contributed by atoms with Crippen molar-refractivity contribution < 1.29 is 4.92 Å². The molecule has 0 aliphatic rings. The van der Waals surface area contributed by atoms with E-state index in [0.29, 0.717) is 17.9 Å². The van der Waals surface area contributed by atoms with E-state index in [-0.39, 0.29) is 10.6 Å². The molecule has 1 N–H and O–H groups in total. The number of nitro groups is 1. The summed E-state index contributed by atoms with van der Waals surface area (Å²) in [6.45, 7) is 2.37. The summed E-state index contributed by atoms with van der Waals surface area (Å²) in [5.74, 6) is 0.535. The maximum absolute atomic E-state index is 10.8. The molecular formula is C14H15N3O2. The van der Waals surface area contributed by atoms with Gasteiger partial charge in [-0.1, -0.05) is 30.3 Å². The number of nitrogens with one attached hydrogen (secondary N) is 1. The van der Waals surface area contributed by atoms with E-state index < -0.39 is 0 Å². The lowest BCUT2D eigenvalue weighted by Crippen LogP contribution is -2.07. The van der Waals surface area contributed by atoms with Crippen molar-refractivity contribution in [3.8, 4) is 0 Å². The number of pyridine rings is 1. The summed E-state index contributed by atoms with van der Waals surface area (Å²) in [6, 6.07) is 11.5. The average molecular weight is 257 g/mol. The van der Waals surface area contributed by atoms with Crippen molar-refractivity contribution >= 4 is 11.5 Å². The van der Waals surface area contributed by atoms with Gasteiger partial charge >= 0.3 is 0 Å². The van der Waals surface area contributed by atoms with Crippen molar-refractivity contribution in [3.05, 3.63) is 63.8 Å². The van der Waals surface area contributed by atoms with Crippen LogP contribution in [0.25, 0.3) is 0 Å². The topological polar surface area (TPSA) is 68.1 Å². The van der Waals surface area contributed by atoms with E-state index in [1.165, 1.54) is 17.8 Å². The molecular weight excluding hydrogens is 242 g/mol. The molecule has 0 radical (unpaired) electrons. The summed E-state index contributed by atoms with van der Waals surface area (Å²) in [6.07, 6.45) is 2.37. The molecule has 1 aromatic carbocycles. The van der Waals surface area contributed by atoms with Gasteiger partial charge in [0.1, 0.15) is 5.82 Å². The fraction of sp³-hybridized carbons (Fsp3) is 0.214. The Balaban J connectivity index is 1.97. The van der Waals surface area contributed by atoms with Gasteiger partial charge in [-0.3, -0.25) is 10.1 Å². The molecule has 1 heterocycles. The van der Waals surface area contributed by atoms with Gasteiger partial charge in [-0.2, -0.15) is 0 Å². The van der Waals surface area contributed by atoms with Crippen molar-refractivity contribution in [2.75, 3.05) is 11.9 Å². The largest absolute Gasteiger partial charge is 0.370 e. The molecule has 19 heavy (non-hydrogen) atoms. The molecule has 0 amide bonds. The lowest BCUT2D eigenvalue weighted by molar-refractivity contribution is -0.385. The number of rotatable bonds is 5. The number of hydrogen-bond acceptors (Lipinski definition) is 4. The Labute approximate surface area is 111 Å². The third-order valence-electron chi connectivity index (χ3n) is 2.83. The van der Waals surface area contributed by atoms with Crippen LogP contribution in [0.5, 0.6) is 0 Å². The van der Waals surface area contributed by atoms with Crippen LogP contribution >= 0.6 is 0 Å². The van der Waals surface area contributed by atoms with Crippen LogP contribution in [0.3, 0.4) is 0 Å². The lowest BCUT2D eigenvalue weighted by Gasteiger charge is -2.06. The van der Waals surface area contributed by atoms with Crippen LogP contribution in [-0.2, 0) is 6.42 Å². The highest BCUT2D eigenvalue weighted by molar-refractivity contribution is 5.48. The maximum Gasteiger partial charge on any atom is 0.277 e. The number of aromatic nitrogens is 1. The standard InChI is InChI=1S/C14H15N3O2/c1-11-10-16-14(9-13(11)17(18)19)15-8-7-12-5-3-2-4-6-12/h2-6,9-10H,7-8H2,1H3,(H,15,16). The Morgan fingerprint density at radius 3 is 2.74 bits per heavy atom. The monoisotopic (exact) mass is 257 g/mol. The van der Waals surface area contributed by atoms with Crippen molar-refractivity contribution in [1.29, 1.82) is 0 Å². The van der Waals surface area contributed by atoms with Crippen LogP contribution in [0.2, 0.25) is 0 Å². The van der Waals surface area contributed by atoms with Gasteiger partial charge in [0.25, 0.3) is 5.69 Å². The molecule has 0 spiro atoms. The van der Waals surface area contributed by atoms with E-state index in [0.717, 1.165) is 6.42 Å². The van der Waals surface area contributed by atoms with Gasteiger partial charge in [-0.25, -0.2) is 4.98 Å². The first-order chi connectivity index (χ1) is 9.16. The smallest absolute Gasteiger partial charge is 0.277 e. The lowest BCUT2D eigenvalue weighted by atomic mass is 10.1. The molecule has 0 aliphatic carbocycles. The Hall–Kier alpha value is -2.43. The van der Waals surface area contributed by atoms with Gasteiger partial charge in [0.15, 0.2) is 0 Å². The fourth-order valence-corrected chi connectivity index (χ4v) is 1.79. The van der Waals surface area contributed by atoms with Crippen molar-refractivity contribution in [2.45, 2.75) is 13.3 Å². The van der Waals surface area contributed by atoms with Crippen molar-refractivity contribution in [3.63, 3.8) is 0 Å².